The van der Waals surface area contributed by atoms with Crippen LogP contribution in [0.3, 0.4) is 0 Å². The smallest absolute Gasteiger partial charge is 0.157 e. The highest BCUT2D eigenvalue weighted by Crippen LogP contribution is 2.39. The van der Waals surface area contributed by atoms with Crippen LogP contribution in [0.25, 0.3) is 0 Å². The molecule has 0 radical (unpaired) electrons. The maximum absolute atomic E-state index is 14.5. The van der Waals surface area contributed by atoms with Gasteiger partial charge in [0.1, 0.15) is 5.82 Å². The van der Waals surface area contributed by atoms with E-state index >= 15 is 0 Å². The molecule has 3 nitrogen and oxygen atoms in total. The van der Waals surface area contributed by atoms with Gasteiger partial charge in [0.25, 0.3) is 0 Å². The number of carbonyl (C=O) groups is 1. The van der Waals surface area contributed by atoms with Gasteiger partial charge in [-0.05, 0) is 44.5 Å². The topological polar surface area (TPSA) is 23.6 Å². The number of likely N-dealkylation sites (tertiary alicyclic amines) is 1. The maximum atomic E-state index is 14.5. The number of piperidine rings is 1. The zero-order valence-electron chi connectivity index (χ0n) is 15.7. The highest BCUT2D eigenvalue weighted by Gasteiger charge is 2.40. The average molecular weight is 377 g/mol. The van der Waals surface area contributed by atoms with E-state index in [0.717, 1.165) is 38.9 Å². The van der Waals surface area contributed by atoms with Crippen molar-refractivity contribution in [3.8, 4) is 0 Å². The molecule has 2 aliphatic rings. The number of ketones is 1. The zero-order valence-corrected chi connectivity index (χ0v) is 16.6. The lowest BCUT2D eigenvalue weighted by molar-refractivity contribution is -0.126. The minimum absolute atomic E-state index is 0.104. The quantitative estimate of drug-likeness (QED) is 0.579. The van der Waals surface area contributed by atoms with Gasteiger partial charge in [0.05, 0.1) is 6.04 Å². The molecule has 0 N–H and O–H groups in total. The lowest BCUT2D eigenvalue weighted by Gasteiger charge is -2.38. The van der Waals surface area contributed by atoms with Gasteiger partial charge in [-0.1, -0.05) is 31.2 Å². The first-order chi connectivity index (χ1) is 12.5. The third-order valence-corrected chi connectivity index (χ3v) is 6.11. The molecule has 2 atom stereocenters. The molecular weight excluding hydrogens is 347 g/mol. The minimum atomic E-state index is -0.475. The number of hydrogen-bond donors (Lipinski definition) is 1. The summed E-state index contributed by atoms with van der Waals surface area (Å²) in [6.45, 7) is 5.45. The summed E-state index contributed by atoms with van der Waals surface area (Å²) in [5, 5.41) is 0.216. The van der Waals surface area contributed by atoms with Gasteiger partial charge in [-0.3, -0.25) is 9.69 Å². The Kier molecular flexibility index (Phi) is 6.54. The largest absolute Gasteiger partial charge is 0.303 e. The van der Waals surface area contributed by atoms with Gasteiger partial charge >= 0.3 is 0 Å². The summed E-state index contributed by atoms with van der Waals surface area (Å²) in [7, 11) is 2.09. The Labute approximate surface area is 161 Å². The second kappa shape index (κ2) is 8.68. The molecule has 26 heavy (non-hydrogen) atoms. The summed E-state index contributed by atoms with van der Waals surface area (Å²) in [4.78, 5) is 17.4. The van der Waals surface area contributed by atoms with E-state index in [2.05, 4.69) is 29.8 Å². The van der Waals surface area contributed by atoms with Crippen molar-refractivity contribution in [2.45, 2.75) is 37.5 Å². The van der Waals surface area contributed by atoms with Crippen LogP contribution in [0, 0.1) is 11.7 Å². The Bertz CT molecular complexity index is 674. The Morgan fingerprint density at radius 3 is 2.77 bits per heavy atom. The second-order valence-electron chi connectivity index (χ2n) is 7.51. The number of halogens is 1. The molecule has 1 heterocycles. The van der Waals surface area contributed by atoms with Crippen molar-refractivity contribution in [2.75, 3.05) is 33.2 Å². The van der Waals surface area contributed by atoms with Gasteiger partial charge in [0.2, 0.25) is 0 Å². The third kappa shape index (κ3) is 4.56. The van der Waals surface area contributed by atoms with E-state index in [0.29, 0.717) is 12.1 Å². The van der Waals surface area contributed by atoms with Gasteiger partial charge in [0.15, 0.2) is 5.78 Å². The molecular formula is C21H29FN2OS. The van der Waals surface area contributed by atoms with Crippen molar-refractivity contribution in [3.05, 3.63) is 47.3 Å². The van der Waals surface area contributed by atoms with Crippen molar-refractivity contribution in [3.63, 3.8) is 0 Å². The van der Waals surface area contributed by atoms with Crippen LogP contribution in [-0.2, 0) is 4.79 Å². The summed E-state index contributed by atoms with van der Waals surface area (Å²) < 4.78 is 14.5. The van der Waals surface area contributed by atoms with E-state index in [1.807, 2.05) is 6.07 Å². The molecule has 1 saturated heterocycles. The van der Waals surface area contributed by atoms with E-state index in [1.165, 1.54) is 11.6 Å². The molecule has 1 saturated carbocycles. The molecule has 2 fully saturated rings. The Morgan fingerprint density at radius 2 is 2.12 bits per heavy atom. The van der Waals surface area contributed by atoms with Crippen molar-refractivity contribution in [2.24, 2.45) is 5.92 Å². The van der Waals surface area contributed by atoms with Gasteiger partial charge in [-0.2, -0.15) is 12.6 Å². The van der Waals surface area contributed by atoms with Gasteiger partial charge in [-0.15, -0.1) is 0 Å². The van der Waals surface area contributed by atoms with Crippen LogP contribution in [0.2, 0.25) is 0 Å². The van der Waals surface area contributed by atoms with E-state index in [-0.39, 0.29) is 22.8 Å². The molecule has 0 spiro atoms. The van der Waals surface area contributed by atoms with Gasteiger partial charge in [0, 0.05) is 36.4 Å². The van der Waals surface area contributed by atoms with Crippen LogP contribution >= 0.6 is 12.6 Å². The first-order valence-corrected chi connectivity index (χ1v) is 10.1. The van der Waals surface area contributed by atoms with Crippen LogP contribution < -0.4 is 0 Å². The molecule has 1 aliphatic heterocycles. The SMILES string of the molecule is CCN(C)C/C=C1\CN(C(C(=O)C2CC2)c2ccccc2F)CCC1S. The van der Waals surface area contributed by atoms with Crippen LogP contribution in [0.4, 0.5) is 4.39 Å². The molecule has 0 amide bonds. The number of Topliss-reactive ketones (excluding diaryl/α,β-unsaturated/α-hetero) is 1. The summed E-state index contributed by atoms with van der Waals surface area (Å²) in [6.07, 6.45) is 4.99. The van der Waals surface area contributed by atoms with Crippen molar-refractivity contribution >= 4 is 18.4 Å². The molecule has 3 rings (SSSR count). The van der Waals surface area contributed by atoms with Crippen LogP contribution in [0.5, 0.6) is 0 Å². The predicted octanol–water partition coefficient (Wildman–Crippen LogP) is 3.73. The number of nitrogens with zero attached hydrogens (tertiary/aromatic N) is 2. The summed E-state index contributed by atoms with van der Waals surface area (Å²) in [5.74, 6) is 0.000434. The van der Waals surface area contributed by atoms with Gasteiger partial charge in [-0.25, -0.2) is 4.39 Å². The fourth-order valence-corrected chi connectivity index (χ4v) is 3.84. The normalized spacial score (nSPS) is 24.2. The number of hydrogen-bond acceptors (Lipinski definition) is 4. The number of carbonyl (C=O) groups excluding carboxylic acids is 1. The van der Waals surface area contributed by atoms with Crippen LogP contribution in [-0.4, -0.2) is 54.1 Å². The number of benzene rings is 1. The van der Waals surface area contributed by atoms with Crippen LogP contribution in [0.15, 0.2) is 35.9 Å². The first-order valence-electron chi connectivity index (χ1n) is 9.59. The highest BCUT2D eigenvalue weighted by molar-refractivity contribution is 7.81. The lowest BCUT2D eigenvalue weighted by Crippen LogP contribution is -2.42. The summed E-state index contributed by atoms with van der Waals surface area (Å²) in [5.41, 5.74) is 1.76. The fourth-order valence-electron chi connectivity index (χ4n) is 3.53. The van der Waals surface area contributed by atoms with E-state index in [1.54, 1.807) is 12.1 Å². The van der Waals surface area contributed by atoms with E-state index in [9.17, 15) is 9.18 Å². The Morgan fingerprint density at radius 1 is 1.38 bits per heavy atom. The summed E-state index contributed by atoms with van der Waals surface area (Å²) >= 11 is 4.74. The van der Waals surface area contributed by atoms with E-state index in [4.69, 9.17) is 12.6 Å². The first kappa shape index (κ1) is 19.6. The second-order valence-corrected chi connectivity index (χ2v) is 8.13. The molecule has 5 heteroatoms. The summed E-state index contributed by atoms with van der Waals surface area (Å²) in [6, 6.07) is 6.26. The van der Waals surface area contributed by atoms with Crippen molar-refractivity contribution in [1.82, 2.24) is 9.80 Å². The zero-order chi connectivity index (χ0) is 18.7. The van der Waals surface area contributed by atoms with Crippen LogP contribution in [0.1, 0.15) is 37.8 Å². The highest BCUT2D eigenvalue weighted by atomic mass is 32.1. The number of thiol groups is 1. The third-order valence-electron chi connectivity index (χ3n) is 5.52. The number of rotatable bonds is 7. The lowest BCUT2D eigenvalue weighted by atomic mass is 9.93. The molecule has 142 valence electrons. The van der Waals surface area contributed by atoms with Gasteiger partial charge < -0.3 is 4.90 Å². The molecule has 1 aromatic carbocycles. The maximum Gasteiger partial charge on any atom is 0.157 e. The average Bonchev–Trinajstić information content (AvgIpc) is 3.48. The Balaban J connectivity index is 1.84. The molecule has 0 bridgehead atoms. The fraction of sp³-hybridized carbons (Fsp3) is 0.571. The predicted molar refractivity (Wildman–Crippen MR) is 107 cm³/mol. The monoisotopic (exact) mass is 376 g/mol. The van der Waals surface area contributed by atoms with E-state index < -0.39 is 6.04 Å². The molecule has 1 aliphatic carbocycles. The molecule has 2 unspecified atom stereocenters. The van der Waals surface area contributed by atoms with Crippen molar-refractivity contribution in [1.29, 1.82) is 0 Å². The molecule has 0 aromatic heterocycles. The number of likely N-dealkylation sites (N-methyl/N-ethyl adjacent to an activating group) is 1. The molecule has 1 aromatic rings. The van der Waals surface area contributed by atoms with Crippen molar-refractivity contribution < 1.29 is 9.18 Å². The Hall–Kier alpha value is -1.17. The minimum Gasteiger partial charge on any atom is -0.303 e. The standard InChI is InChI=1S/C21H29FN2OS/c1-3-23(2)12-10-16-14-24(13-11-19(16)26)20(21(25)15-8-9-15)17-6-4-5-7-18(17)22/h4-7,10,15,19-20,26H,3,8-9,11-14H2,1-2H3/b16-10+.